The zero-order valence-electron chi connectivity index (χ0n) is 19.4. The maximum Gasteiger partial charge on any atom is 0.295 e. The molecular formula is C26H29NO6. The molecule has 1 fully saturated rings. The highest BCUT2D eigenvalue weighted by Gasteiger charge is 2.46. The number of nitrogens with zero attached hydrogens (tertiary/aromatic N) is 1. The molecule has 174 valence electrons. The number of ketones is 1. The molecule has 1 heterocycles. The fraction of sp³-hybridized carbons (Fsp3) is 0.308. The number of methoxy groups -OCH3 is 2. The molecule has 1 aliphatic rings. The predicted molar refractivity (Wildman–Crippen MR) is 125 cm³/mol. The van der Waals surface area contributed by atoms with E-state index in [-0.39, 0.29) is 24.5 Å². The van der Waals surface area contributed by atoms with Crippen molar-refractivity contribution < 1.29 is 28.9 Å². The van der Waals surface area contributed by atoms with Crippen LogP contribution in [0.4, 0.5) is 0 Å². The van der Waals surface area contributed by atoms with Crippen LogP contribution in [0.2, 0.25) is 0 Å². The largest absolute Gasteiger partial charge is 0.507 e. The molecule has 3 rings (SSSR count). The van der Waals surface area contributed by atoms with Crippen LogP contribution in [0, 0.1) is 13.8 Å². The number of hydrogen-bond donors (Lipinski definition) is 1. The molecule has 2 aromatic carbocycles. The van der Waals surface area contributed by atoms with E-state index in [2.05, 4.69) is 6.58 Å². The van der Waals surface area contributed by atoms with Crippen LogP contribution in [0.3, 0.4) is 0 Å². The van der Waals surface area contributed by atoms with E-state index in [1.165, 1.54) is 19.1 Å². The summed E-state index contributed by atoms with van der Waals surface area (Å²) in [6.07, 6.45) is 1.63. The molecule has 1 N–H and O–H groups in total. The first kappa shape index (κ1) is 24.1. The Kier molecular flexibility index (Phi) is 7.55. The average Bonchev–Trinajstić information content (AvgIpc) is 3.05. The van der Waals surface area contributed by atoms with Gasteiger partial charge < -0.3 is 24.2 Å². The molecule has 1 unspecified atom stereocenters. The first-order valence-electron chi connectivity index (χ1n) is 10.6. The second kappa shape index (κ2) is 10.4. The number of rotatable bonds is 9. The van der Waals surface area contributed by atoms with E-state index < -0.39 is 17.7 Å². The number of likely N-dealkylation sites (tertiary alicyclic amines) is 1. The predicted octanol–water partition coefficient (Wildman–Crippen LogP) is 3.94. The zero-order chi connectivity index (χ0) is 24.1. The summed E-state index contributed by atoms with van der Waals surface area (Å²) < 4.78 is 16.3. The van der Waals surface area contributed by atoms with Gasteiger partial charge in [-0.25, -0.2) is 0 Å². The minimum absolute atomic E-state index is 0.000253. The smallest absolute Gasteiger partial charge is 0.295 e. The van der Waals surface area contributed by atoms with Gasteiger partial charge in [-0.3, -0.25) is 9.59 Å². The normalized spacial score (nSPS) is 17.3. The molecule has 0 radical (unpaired) electrons. The fourth-order valence-corrected chi connectivity index (χ4v) is 4.12. The summed E-state index contributed by atoms with van der Waals surface area (Å²) >= 11 is 0. The summed E-state index contributed by atoms with van der Waals surface area (Å²) in [5, 5.41) is 11.4. The first-order valence-corrected chi connectivity index (χ1v) is 10.6. The van der Waals surface area contributed by atoms with Gasteiger partial charge in [0.1, 0.15) is 23.9 Å². The number of benzene rings is 2. The van der Waals surface area contributed by atoms with Crippen molar-refractivity contribution in [1.29, 1.82) is 0 Å². The third-order valence-corrected chi connectivity index (χ3v) is 5.50. The van der Waals surface area contributed by atoms with Crippen LogP contribution in [0.25, 0.3) is 5.76 Å². The summed E-state index contributed by atoms with van der Waals surface area (Å²) in [4.78, 5) is 27.6. The Morgan fingerprint density at radius 2 is 1.94 bits per heavy atom. The van der Waals surface area contributed by atoms with Crippen LogP contribution in [-0.2, 0) is 14.3 Å². The topological polar surface area (TPSA) is 85.3 Å². The van der Waals surface area contributed by atoms with Gasteiger partial charge in [-0.15, -0.1) is 0 Å². The van der Waals surface area contributed by atoms with Gasteiger partial charge in [0, 0.05) is 13.7 Å². The number of carbonyl (C=O) groups is 2. The lowest BCUT2D eigenvalue weighted by molar-refractivity contribution is -0.140. The van der Waals surface area contributed by atoms with Crippen molar-refractivity contribution in [2.24, 2.45) is 0 Å². The van der Waals surface area contributed by atoms with E-state index in [1.54, 1.807) is 36.4 Å². The second-order valence-corrected chi connectivity index (χ2v) is 7.82. The third-order valence-electron chi connectivity index (χ3n) is 5.50. The lowest BCUT2D eigenvalue weighted by atomic mass is 9.93. The van der Waals surface area contributed by atoms with Gasteiger partial charge in [-0.05, 0) is 48.7 Å². The molecule has 1 saturated heterocycles. The van der Waals surface area contributed by atoms with E-state index in [1.807, 2.05) is 19.9 Å². The second-order valence-electron chi connectivity index (χ2n) is 7.82. The highest BCUT2D eigenvalue weighted by Crippen LogP contribution is 2.42. The Bertz CT molecular complexity index is 1100. The number of Topliss-reactive ketones (excluding diaryl/α,β-unsaturated/α-hetero) is 1. The van der Waals surface area contributed by atoms with Crippen LogP contribution in [-0.4, -0.2) is 55.7 Å². The van der Waals surface area contributed by atoms with Crippen molar-refractivity contribution in [1.82, 2.24) is 4.90 Å². The van der Waals surface area contributed by atoms with Crippen LogP contribution in [0.5, 0.6) is 11.5 Å². The standard InChI is InChI=1S/C26H29NO6/c1-6-11-33-19-9-7-8-18(15-19)22-21(24(29)26(30)27(22)10-12-31-4)23(28)20-14-16(2)13-17(3)25(20)32-5/h6-9,13-15,22,28H,1,10-12H2,2-5H3/b23-21+. The number of aliphatic hydroxyl groups is 1. The van der Waals surface area contributed by atoms with Gasteiger partial charge in [0.25, 0.3) is 11.7 Å². The molecule has 2 aromatic rings. The Labute approximate surface area is 193 Å². The van der Waals surface area contributed by atoms with Crippen molar-refractivity contribution in [3.8, 4) is 11.5 Å². The van der Waals surface area contributed by atoms with Crippen molar-refractivity contribution in [3.05, 3.63) is 76.9 Å². The molecule has 7 heteroatoms. The van der Waals surface area contributed by atoms with Gasteiger partial charge in [0.2, 0.25) is 0 Å². The third kappa shape index (κ3) is 4.78. The van der Waals surface area contributed by atoms with Gasteiger partial charge in [0.05, 0.1) is 30.9 Å². The molecular weight excluding hydrogens is 422 g/mol. The molecule has 33 heavy (non-hydrogen) atoms. The minimum Gasteiger partial charge on any atom is -0.507 e. The van der Waals surface area contributed by atoms with Crippen molar-refractivity contribution in [2.45, 2.75) is 19.9 Å². The quantitative estimate of drug-likeness (QED) is 0.269. The highest BCUT2D eigenvalue weighted by atomic mass is 16.5. The summed E-state index contributed by atoms with van der Waals surface area (Å²) in [5.41, 5.74) is 2.70. The molecule has 0 aromatic heterocycles. The van der Waals surface area contributed by atoms with Crippen LogP contribution in [0.15, 0.2) is 54.6 Å². The van der Waals surface area contributed by atoms with Gasteiger partial charge >= 0.3 is 0 Å². The lowest BCUT2D eigenvalue weighted by Gasteiger charge is -2.25. The summed E-state index contributed by atoms with van der Waals surface area (Å²) in [6.45, 7) is 8.13. The molecule has 0 spiro atoms. The molecule has 1 amide bonds. The summed E-state index contributed by atoms with van der Waals surface area (Å²) in [7, 11) is 3.03. The van der Waals surface area contributed by atoms with Crippen molar-refractivity contribution in [3.63, 3.8) is 0 Å². The number of aryl methyl sites for hydroxylation is 2. The van der Waals surface area contributed by atoms with Crippen molar-refractivity contribution >= 4 is 17.4 Å². The van der Waals surface area contributed by atoms with Crippen LogP contribution in [0.1, 0.15) is 28.3 Å². The molecule has 1 aliphatic heterocycles. The average molecular weight is 452 g/mol. The summed E-state index contributed by atoms with van der Waals surface area (Å²) in [6, 6.07) is 9.96. The Morgan fingerprint density at radius 1 is 1.18 bits per heavy atom. The molecule has 0 saturated carbocycles. The molecule has 0 bridgehead atoms. The SMILES string of the molecule is C=CCOc1cccc(C2/C(=C(\O)c3cc(C)cc(C)c3OC)C(=O)C(=O)N2CCOC)c1. The fourth-order valence-electron chi connectivity index (χ4n) is 4.12. The maximum atomic E-state index is 13.2. The van der Waals surface area contributed by atoms with E-state index in [0.29, 0.717) is 29.2 Å². The number of amides is 1. The number of aliphatic hydroxyl groups excluding tert-OH is 1. The Balaban J connectivity index is 2.23. The molecule has 1 atom stereocenters. The van der Waals surface area contributed by atoms with Gasteiger partial charge in [0.15, 0.2) is 0 Å². The minimum atomic E-state index is -0.807. The van der Waals surface area contributed by atoms with E-state index >= 15 is 0 Å². The van der Waals surface area contributed by atoms with E-state index in [0.717, 1.165) is 11.1 Å². The van der Waals surface area contributed by atoms with Crippen molar-refractivity contribution in [2.75, 3.05) is 34.0 Å². The monoisotopic (exact) mass is 451 g/mol. The van der Waals surface area contributed by atoms with E-state index in [4.69, 9.17) is 14.2 Å². The van der Waals surface area contributed by atoms with E-state index in [9.17, 15) is 14.7 Å². The zero-order valence-corrected chi connectivity index (χ0v) is 19.4. The number of carbonyl (C=O) groups excluding carboxylic acids is 2. The summed E-state index contributed by atoms with van der Waals surface area (Å²) in [5.74, 6) is -0.720. The number of ether oxygens (including phenoxy) is 3. The van der Waals surface area contributed by atoms with Crippen LogP contribution < -0.4 is 9.47 Å². The molecule has 7 nitrogen and oxygen atoms in total. The highest BCUT2D eigenvalue weighted by molar-refractivity contribution is 6.46. The number of hydrogen-bond acceptors (Lipinski definition) is 6. The lowest BCUT2D eigenvalue weighted by Crippen LogP contribution is -2.32. The Morgan fingerprint density at radius 3 is 2.61 bits per heavy atom. The maximum absolute atomic E-state index is 13.2. The Hall–Kier alpha value is -3.58. The van der Waals surface area contributed by atoms with Crippen LogP contribution >= 0.6 is 0 Å². The first-order chi connectivity index (χ1) is 15.8. The van der Waals surface area contributed by atoms with Gasteiger partial charge in [-0.2, -0.15) is 0 Å². The van der Waals surface area contributed by atoms with Gasteiger partial charge in [-0.1, -0.05) is 30.9 Å². The molecule has 0 aliphatic carbocycles.